The summed E-state index contributed by atoms with van der Waals surface area (Å²) in [4.78, 5) is 36.7. The van der Waals surface area contributed by atoms with Crippen molar-refractivity contribution in [3.63, 3.8) is 0 Å². The molecule has 1 N–H and O–H groups in total. The highest BCUT2D eigenvalue weighted by molar-refractivity contribution is 5.84. The Hall–Kier alpha value is -3.74. The zero-order valence-electron chi connectivity index (χ0n) is 15.9. The van der Waals surface area contributed by atoms with E-state index < -0.39 is 23.5 Å². The maximum atomic E-state index is 12.5. The van der Waals surface area contributed by atoms with E-state index in [1.54, 1.807) is 6.07 Å². The molecule has 29 heavy (non-hydrogen) atoms. The quantitative estimate of drug-likeness (QED) is 0.621. The summed E-state index contributed by atoms with van der Waals surface area (Å²) < 4.78 is 5.88. The summed E-state index contributed by atoms with van der Waals surface area (Å²) in [6, 6.07) is 20.7. The number of carbonyl (C=O) groups is 2. The van der Waals surface area contributed by atoms with Gasteiger partial charge in [-0.15, -0.1) is 0 Å². The molecule has 7 heteroatoms. The summed E-state index contributed by atoms with van der Waals surface area (Å²) in [5, 5.41) is 6.90. The minimum Gasteiger partial charge on any atom is -0.467 e. The van der Waals surface area contributed by atoms with Gasteiger partial charge in [-0.25, -0.2) is 9.48 Å². The predicted octanol–water partition coefficient (Wildman–Crippen LogP) is 1.81. The van der Waals surface area contributed by atoms with Crippen molar-refractivity contribution in [2.45, 2.75) is 19.0 Å². The highest BCUT2D eigenvalue weighted by atomic mass is 16.5. The van der Waals surface area contributed by atoms with Gasteiger partial charge in [-0.05, 0) is 11.6 Å². The van der Waals surface area contributed by atoms with Crippen molar-refractivity contribution in [2.75, 3.05) is 7.11 Å². The number of carbonyl (C=O) groups excluding carboxylic acids is 2. The second-order valence-electron chi connectivity index (χ2n) is 6.41. The summed E-state index contributed by atoms with van der Waals surface area (Å²) in [5.41, 5.74) is 1.88. The summed E-state index contributed by atoms with van der Waals surface area (Å²) in [6.45, 7) is -0.304. The van der Waals surface area contributed by atoms with Crippen molar-refractivity contribution < 1.29 is 14.3 Å². The zero-order valence-corrected chi connectivity index (χ0v) is 15.9. The van der Waals surface area contributed by atoms with Gasteiger partial charge in [0.05, 0.1) is 12.8 Å². The lowest BCUT2D eigenvalue weighted by Crippen LogP contribution is -2.45. The van der Waals surface area contributed by atoms with Gasteiger partial charge in [0, 0.05) is 18.1 Å². The number of benzene rings is 2. The fraction of sp³-hybridized carbons (Fsp3) is 0.182. The van der Waals surface area contributed by atoms with Crippen LogP contribution in [0.25, 0.3) is 11.3 Å². The maximum Gasteiger partial charge on any atom is 0.328 e. The second-order valence-corrected chi connectivity index (χ2v) is 6.41. The Bertz CT molecular complexity index is 1030. The largest absolute Gasteiger partial charge is 0.467 e. The van der Waals surface area contributed by atoms with E-state index in [1.165, 1.54) is 13.2 Å². The van der Waals surface area contributed by atoms with Gasteiger partial charge in [-0.1, -0.05) is 60.7 Å². The van der Waals surface area contributed by atoms with Gasteiger partial charge in [-0.3, -0.25) is 9.59 Å². The molecule has 1 heterocycles. The first-order valence-electron chi connectivity index (χ1n) is 9.11. The smallest absolute Gasteiger partial charge is 0.328 e. The van der Waals surface area contributed by atoms with Gasteiger partial charge >= 0.3 is 5.97 Å². The van der Waals surface area contributed by atoms with Crippen molar-refractivity contribution in [1.82, 2.24) is 15.1 Å². The summed E-state index contributed by atoms with van der Waals surface area (Å²) in [6.07, 6.45) is 0.283. The number of aromatic nitrogens is 2. The molecule has 1 unspecified atom stereocenters. The molecule has 0 spiro atoms. The minimum atomic E-state index is -0.858. The van der Waals surface area contributed by atoms with E-state index in [0.717, 1.165) is 15.8 Å². The average Bonchev–Trinajstić information content (AvgIpc) is 2.75. The molecule has 1 amide bonds. The molecule has 1 aromatic heterocycles. The predicted molar refractivity (Wildman–Crippen MR) is 108 cm³/mol. The van der Waals surface area contributed by atoms with Crippen LogP contribution in [0.4, 0.5) is 0 Å². The molecular weight excluding hydrogens is 370 g/mol. The van der Waals surface area contributed by atoms with Gasteiger partial charge in [0.15, 0.2) is 0 Å². The van der Waals surface area contributed by atoms with Crippen LogP contribution >= 0.6 is 0 Å². The SMILES string of the molecule is COC(=O)C(Cc1ccccc1)NC(=O)Cn1nc(-c2ccccc2)ccc1=O. The molecule has 0 saturated heterocycles. The van der Waals surface area contributed by atoms with E-state index in [4.69, 9.17) is 4.74 Å². The van der Waals surface area contributed by atoms with E-state index in [0.29, 0.717) is 5.69 Å². The van der Waals surface area contributed by atoms with Crippen LogP contribution in [0.1, 0.15) is 5.56 Å². The van der Waals surface area contributed by atoms with Crippen LogP contribution in [0.2, 0.25) is 0 Å². The van der Waals surface area contributed by atoms with Crippen LogP contribution < -0.4 is 10.9 Å². The molecule has 0 bridgehead atoms. The van der Waals surface area contributed by atoms with Crippen LogP contribution in [0.5, 0.6) is 0 Å². The first-order valence-corrected chi connectivity index (χ1v) is 9.11. The van der Waals surface area contributed by atoms with Crippen molar-refractivity contribution in [3.05, 3.63) is 88.7 Å². The standard InChI is InChI=1S/C22H21N3O4/c1-29-22(28)19(14-16-8-4-2-5-9-16)23-20(26)15-25-21(27)13-12-18(24-25)17-10-6-3-7-11-17/h2-13,19H,14-15H2,1H3,(H,23,26). The molecular formula is C22H21N3O4. The van der Waals surface area contributed by atoms with Gasteiger partial charge < -0.3 is 10.1 Å². The fourth-order valence-corrected chi connectivity index (χ4v) is 2.89. The van der Waals surface area contributed by atoms with E-state index in [9.17, 15) is 14.4 Å². The summed E-state index contributed by atoms with van der Waals surface area (Å²) in [5.74, 6) is -1.06. The number of rotatable bonds is 7. The third kappa shape index (κ3) is 5.38. The molecule has 7 nitrogen and oxygen atoms in total. The van der Waals surface area contributed by atoms with Gasteiger partial charge in [-0.2, -0.15) is 5.10 Å². The molecule has 0 aliphatic carbocycles. The number of hydrogen-bond acceptors (Lipinski definition) is 5. The Morgan fingerprint density at radius 2 is 1.66 bits per heavy atom. The number of nitrogens with one attached hydrogen (secondary N) is 1. The van der Waals surface area contributed by atoms with Crippen LogP contribution in [-0.2, 0) is 27.3 Å². The van der Waals surface area contributed by atoms with Crippen LogP contribution in [-0.4, -0.2) is 34.8 Å². The Morgan fingerprint density at radius 3 is 2.31 bits per heavy atom. The highest BCUT2D eigenvalue weighted by Crippen LogP contribution is 2.14. The zero-order chi connectivity index (χ0) is 20.6. The third-order valence-corrected chi connectivity index (χ3v) is 4.33. The van der Waals surface area contributed by atoms with Crippen molar-refractivity contribution >= 4 is 11.9 Å². The molecule has 3 aromatic rings. The number of amides is 1. The number of hydrogen-bond donors (Lipinski definition) is 1. The lowest BCUT2D eigenvalue weighted by atomic mass is 10.1. The third-order valence-electron chi connectivity index (χ3n) is 4.33. The molecule has 0 radical (unpaired) electrons. The normalized spacial score (nSPS) is 11.5. The lowest BCUT2D eigenvalue weighted by Gasteiger charge is -2.17. The molecule has 0 saturated carbocycles. The van der Waals surface area contributed by atoms with Crippen LogP contribution in [0, 0.1) is 0 Å². The molecule has 3 rings (SSSR count). The minimum absolute atomic E-state index is 0.283. The second kappa shape index (κ2) is 9.45. The molecule has 2 aromatic carbocycles. The van der Waals surface area contributed by atoms with Gasteiger partial charge in [0.25, 0.3) is 5.56 Å². The molecule has 148 valence electrons. The number of nitrogens with zero attached hydrogens (tertiary/aromatic N) is 2. The van der Waals surface area contributed by atoms with E-state index in [-0.39, 0.29) is 13.0 Å². The van der Waals surface area contributed by atoms with Crippen molar-refractivity contribution in [2.24, 2.45) is 0 Å². The maximum absolute atomic E-state index is 12.5. The Morgan fingerprint density at radius 1 is 1.00 bits per heavy atom. The van der Waals surface area contributed by atoms with Gasteiger partial charge in [0.2, 0.25) is 5.91 Å². The molecule has 0 aliphatic heterocycles. The fourth-order valence-electron chi connectivity index (χ4n) is 2.89. The lowest BCUT2D eigenvalue weighted by molar-refractivity contribution is -0.145. The average molecular weight is 391 g/mol. The molecule has 1 atom stereocenters. The number of ether oxygens (including phenoxy) is 1. The molecule has 0 fully saturated rings. The summed E-state index contributed by atoms with van der Waals surface area (Å²) >= 11 is 0. The first-order chi connectivity index (χ1) is 14.1. The number of esters is 1. The van der Waals surface area contributed by atoms with E-state index in [1.807, 2.05) is 60.7 Å². The first kappa shape index (κ1) is 20.0. The molecule has 0 aliphatic rings. The van der Waals surface area contributed by atoms with Crippen LogP contribution in [0.3, 0.4) is 0 Å². The van der Waals surface area contributed by atoms with Crippen LogP contribution in [0.15, 0.2) is 77.6 Å². The van der Waals surface area contributed by atoms with E-state index in [2.05, 4.69) is 10.4 Å². The van der Waals surface area contributed by atoms with Gasteiger partial charge in [0.1, 0.15) is 12.6 Å². The van der Waals surface area contributed by atoms with Crippen molar-refractivity contribution in [3.8, 4) is 11.3 Å². The monoisotopic (exact) mass is 391 g/mol. The summed E-state index contributed by atoms with van der Waals surface area (Å²) in [7, 11) is 1.27. The Labute approximate surface area is 168 Å². The van der Waals surface area contributed by atoms with E-state index >= 15 is 0 Å². The van der Waals surface area contributed by atoms with Crippen molar-refractivity contribution in [1.29, 1.82) is 0 Å². The Kier molecular flexibility index (Phi) is 6.52. The highest BCUT2D eigenvalue weighted by Gasteiger charge is 2.22. The Balaban J connectivity index is 1.74. The topological polar surface area (TPSA) is 90.3 Å². The number of methoxy groups -OCH3 is 1.